The highest BCUT2D eigenvalue weighted by atomic mass is 14.9. The van der Waals surface area contributed by atoms with Crippen LogP contribution >= 0.6 is 0 Å². The predicted molar refractivity (Wildman–Crippen MR) is 58.0 cm³/mol. The van der Waals surface area contributed by atoms with Crippen LogP contribution in [0.15, 0.2) is 60.0 Å². The highest BCUT2D eigenvalue weighted by molar-refractivity contribution is 5.61. The molecule has 0 amide bonds. The quantitative estimate of drug-likeness (QED) is 0.679. The lowest BCUT2D eigenvalue weighted by Crippen LogP contribution is -2.15. The molecule has 0 atom stereocenters. The minimum atomic E-state index is 0.535. The van der Waals surface area contributed by atoms with E-state index in [4.69, 9.17) is 5.26 Å². The zero-order chi connectivity index (χ0) is 10.6. The summed E-state index contributed by atoms with van der Waals surface area (Å²) in [6, 6.07) is 2.05. The first-order valence-corrected chi connectivity index (χ1v) is 4.29. The largest absolute Gasteiger partial charge is 0.360 e. The fraction of sp³-hybridized carbons (Fsp3) is 0.0833. The van der Waals surface area contributed by atoms with Gasteiger partial charge in [-0.3, -0.25) is 0 Å². The van der Waals surface area contributed by atoms with E-state index in [1.54, 1.807) is 6.20 Å². The van der Waals surface area contributed by atoms with E-state index in [0.717, 1.165) is 11.3 Å². The Labute approximate surface area is 84.2 Å². The van der Waals surface area contributed by atoms with Gasteiger partial charge in [0.05, 0.1) is 5.57 Å². The molecule has 0 fully saturated rings. The Balaban J connectivity index is 3.02. The average Bonchev–Trinajstić information content (AvgIpc) is 2.20. The van der Waals surface area contributed by atoms with Gasteiger partial charge < -0.3 is 5.32 Å². The summed E-state index contributed by atoms with van der Waals surface area (Å²) in [6.45, 7) is 9.62. The summed E-state index contributed by atoms with van der Waals surface area (Å²) in [7, 11) is 0. The lowest BCUT2D eigenvalue weighted by molar-refractivity contribution is 1.04. The Morgan fingerprint density at radius 2 is 2.14 bits per heavy atom. The number of nitriles is 1. The summed E-state index contributed by atoms with van der Waals surface area (Å²) in [6.07, 6.45) is 7.38. The molecular weight excluding hydrogens is 172 g/mol. The van der Waals surface area contributed by atoms with Gasteiger partial charge in [0.2, 0.25) is 0 Å². The van der Waals surface area contributed by atoms with Crippen LogP contribution in [0.25, 0.3) is 0 Å². The van der Waals surface area contributed by atoms with Gasteiger partial charge in [-0.1, -0.05) is 25.3 Å². The van der Waals surface area contributed by atoms with Crippen LogP contribution in [0, 0.1) is 11.3 Å². The third kappa shape index (κ3) is 1.83. The van der Waals surface area contributed by atoms with Crippen LogP contribution in [0.4, 0.5) is 0 Å². The Hall–Kier alpha value is -2.01. The normalized spacial score (nSPS) is 19.4. The summed E-state index contributed by atoms with van der Waals surface area (Å²) in [5.74, 6) is 0. The second kappa shape index (κ2) is 4.29. The molecule has 0 unspecified atom stereocenters. The van der Waals surface area contributed by atoms with E-state index in [0.29, 0.717) is 11.1 Å². The molecule has 0 aromatic heterocycles. The predicted octanol–water partition coefficient (Wildman–Crippen LogP) is 2.57. The molecule has 1 aliphatic heterocycles. The van der Waals surface area contributed by atoms with E-state index in [1.807, 2.05) is 25.2 Å². The average molecular weight is 184 g/mol. The van der Waals surface area contributed by atoms with Crippen LogP contribution < -0.4 is 5.32 Å². The topological polar surface area (TPSA) is 35.8 Å². The van der Waals surface area contributed by atoms with Crippen molar-refractivity contribution in [2.24, 2.45) is 0 Å². The Bertz CT molecular complexity index is 401. The molecule has 1 N–H and O–H groups in total. The summed E-state index contributed by atoms with van der Waals surface area (Å²) in [4.78, 5) is 0. The van der Waals surface area contributed by atoms with Gasteiger partial charge >= 0.3 is 0 Å². The van der Waals surface area contributed by atoms with Gasteiger partial charge in [-0.05, 0) is 24.1 Å². The van der Waals surface area contributed by atoms with E-state index >= 15 is 0 Å². The first kappa shape index (κ1) is 10.1. The van der Waals surface area contributed by atoms with Crippen molar-refractivity contribution in [1.29, 1.82) is 5.26 Å². The van der Waals surface area contributed by atoms with Crippen molar-refractivity contribution in [1.82, 2.24) is 5.32 Å². The van der Waals surface area contributed by atoms with Gasteiger partial charge in [-0.2, -0.15) is 5.26 Å². The summed E-state index contributed by atoms with van der Waals surface area (Å²) in [5.41, 5.74) is 2.86. The molecule has 0 spiro atoms. The SMILES string of the molecule is C=C1C(=C)/C(=C\C=C/C)NC=C1C#N. The molecule has 0 radical (unpaired) electrons. The zero-order valence-corrected chi connectivity index (χ0v) is 8.17. The van der Waals surface area contributed by atoms with Crippen molar-refractivity contribution in [3.05, 3.63) is 60.0 Å². The van der Waals surface area contributed by atoms with E-state index in [1.165, 1.54) is 0 Å². The van der Waals surface area contributed by atoms with Crippen LogP contribution in [0.3, 0.4) is 0 Å². The van der Waals surface area contributed by atoms with Crippen molar-refractivity contribution in [3.63, 3.8) is 0 Å². The molecule has 1 heterocycles. The maximum Gasteiger partial charge on any atom is 0.101 e. The fourth-order valence-electron chi connectivity index (χ4n) is 1.09. The highest BCUT2D eigenvalue weighted by Gasteiger charge is 2.14. The van der Waals surface area contributed by atoms with Crippen LogP contribution in [0.1, 0.15) is 6.92 Å². The van der Waals surface area contributed by atoms with Crippen LogP contribution in [0.2, 0.25) is 0 Å². The molecule has 1 rings (SSSR count). The highest BCUT2D eigenvalue weighted by Crippen LogP contribution is 2.24. The van der Waals surface area contributed by atoms with Gasteiger partial charge in [0.1, 0.15) is 6.07 Å². The third-order valence-corrected chi connectivity index (χ3v) is 1.96. The number of rotatable bonds is 1. The Morgan fingerprint density at radius 3 is 2.71 bits per heavy atom. The van der Waals surface area contributed by atoms with Crippen LogP contribution in [-0.2, 0) is 0 Å². The van der Waals surface area contributed by atoms with Gasteiger partial charge in [0, 0.05) is 11.9 Å². The van der Waals surface area contributed by atoms with E-state index in [9.17, 15) is 0 Å². The lowest BCUT2D eigenvalue weighted by atomic mass is 9.96. The van der Waals surface area contributed by atoms with Gasteiger partial charge in [0.25, 0.3) is 0 Å². The summed E-state index contributed by atoms with van der Waals surface area (Å²) in [5, 5.41) is 11.7. The standard InChI is InChI=1S/C12H12N2/c1-4-5-6-12-10(3)9(2)11(7-13)8-14-12/h4-6,8,14H,2-3H2,1H3/b5-4-,12-6+. The molecule has 0 bridgehead atoms. The molecule has 0 aliphatic carbocycles. The first-order valence-electron chi connectivity index (χ1n) is 4.29. The van der Waals surface area contributed by atoms with Crippen LogP contribution in [-0.4, -0.2) is 0 Å². The monoisotopic (exact) mass is 184 g/mol. The molecular formula is C12H12N2. The maximum atomic E-state index is 8.75. The smallest absolute Gasteiger partial charge is 0.101 e. The second-order valence-corrected chi connectivity index (χ2v) is 2.88. The second-order valence-electron chi connectivity index (χ2n) is 2.88. The van der Waals surface area contributed by atoms with Gasteiger partial charge in [-0.15, -0.1) is 0 Å². The van der Waals surface area contributed by atoms with E-state index < -0.39 is 0 Å². The molecule has 2 heteroatoms. The molecule has 0 aromatic rings. The molecule has 0 saturated carbocycles. The molecule has 14 heavy (non-hydrogen) atoms. The number of allylic oxidation sites excluding steroid dienone is 5. The lowest BCUT2D eigenvalue weighted by Gasteiger charge is -2.18. The first-order chi connectivity index (χ1) is 6.70. The van der Waals surface area contributed by atoms with E-state index in [-0.39, 0.29) is 0 Å². The van der Waals surface area contributed by atoms with Crippen molar-refractivity contribution < 1.29 is 0 Å². The van der Waals surface area contributed by atoms with E-state index in [2.05, 4.69) is 24.5 Å². The fourth-order valence-corrected chi connectivity index (χ4v) is 1.09. The third-order valence-electron chi connectivity index (χ3n) is 1.96. The summed E-state index contributed by atoms with van der Waals surface area (Å²) < 4.78 is 0. The molecule has 2 nitrogen and oxygen atoms in total. The Kier molecular flexibility index (Phi) is 3.09. The van der Waals surface area contributed by atoms with Gasteiger partial charge in [0.15, 0.2) is 0 Å². The van der Waals surface area contributed by atoms with Crippen molar-refractivity contribution >= 4 is 0 Å². The molecule has 0 aromatic carbocycles. The molecule has 0 saturated heterocycles. The zero-order valence-electron chi connectivity index (χ0n) is 8.17. The van der Waals surface area contributed by atoms with Gasteiger partial charge in [-0.25, -0.2) is 0 Å². The molecule has 70 valence electrons. The Morgan fingerprint density at radius 1 is 1.43 bits per heavy atom. The number of nitrogens with zero attached hydrogens (tertiary/aromatic N) is 1. The maximum absolute atomic E-state index is 8.75. The molecule has 1 aliphatic rings. The summed E-state index contributed by atoms with van der Waals surface area (Å²) >= 11 is 0. The number of hydrogen-bond donors (Lipinski definition) is 1. The van der Waals surface area contributed by atoms with Crippen molar-refractivity contribution in [2.75, 3.05) is 0 Å². The number of hydrogen-bond acceptors (Lipinski definition) is 2. The van der Waals surface area contributed by atoms with Crippen molar-refractivity contribution in [2.45, 2.75) is 6.92 Å². The van der Waals surface area contributed by atoms with Crippen molar-refractivity contribution in [3.8, 4) is 6.07 Å². The minimum absolute atomic E-state index is 0.535. The number of nitrogens with one attached hydrogen (secondary N) is 1. The minimum Gasteiger partial charge on any atom is -0.360 e. The van der Waals surface area contributed by atoms with Crippen LogP contribution in [0.5, 0.6) is 0 Å².